The van der Waals surface area contributed by atoms with E-state index < -0.39 is 0 Å². The first-order chi connectivity index (χ1) is 39.7. The van der Waals surface area contributed by atoms with E-state index in [-0.39, 0.29) is 5.41 Å². The third-order valence-electron chi connectivity index (χ3n) is 18.7. The van der Waals surface area contributed by atoms with Crippen LogP contribution in [0.15, 0.2) is 254 Å². The fraction of sp³-hybridized carbons (Fsp3) is 0.139. The Labute approximate surface area is 476 Å². The fourth-order valence-corrected chi connectivity index (χ4v) is 14.2. The molecule has 0 fully saturated rings. The molecule has 0 saturated carbocycles. The van der Waals surface area contributed by atoms with Crippen LogP contribution in [-0.2, 0) is 24.7 Å². The number of allylic oxidation sites excluding steroid dienone is 7. The number of rotatable bonds is 7. The van der Waals surface area contributed by atoms with Gasteiger partial charge < -0.3 is 9.80 Å². The molecule has 11 aromatic carbocycles. The van der Waals surface area contributed by atoms with Crippen LogP contribution in [0.4, 0.5) is 28.4 Å². The summed E-state index contributed by atoms with van der Waals surface area (Å²) in [7, 11) is 0. The Morgan fingerprint density at radius 1 is 0.432 bits per heavy atom. The molecular formula is C79H64N2. The van der Waals surface area contributed by atoms with E-state index in [0.717, 1.165) is 25.7 Å². The molecule has 0 bridgehead atoms. The summed E-state index contributed by atoms with van der Waals surface area (Å²) in [6.45, 7) is 13.6. The minimum Gasteiger partial charge on any atom is -0.313 e. The van der Waals surface area contributed by atoms with Crippen molar-refractivity contribution in [2.45, 2.75) is 58.8 Å². The first-order valence-electron chi connectivity index (χ1n) is 29.2. The van der Waals surface area contributed by atoms with Crippen molar-refractivity contribution >= 4 is 83.7 Å². The Morgan fingerprint density at radius 2 is 0.926 bits per heavy atom. The second kappa shape index (κ2) is 19.2. The predicted molar refractivity (Wildman–Crippen MR) is 347 cm³/mol. The molecule has 81 heavy (non-hydrogen) atoms. The molecule has 4 aliphatic rings. The molecule has 0 spiro atoms. The van der Waals surface area contributed by atoms with Gasteiger partial charge >= 0.3 is 0 Å². The molecule has 2 heteroatoms. The summed E-state index contributed by atoms with van der Waals surface area (Å²) >= 11 is 0. The van der Waals surface area contributed by atoms with Crippen LogP contribution in [0.2, 0.25) is 0 Å². The topological polar surface area (TPSA) is 6.48 Å². The van der Waals surface area contributed by atoms with E-state index in [0.29, 0.717) is 11.8 Å². The summed E-state index contributed by atoms with van der Waals surface area (Å²) in [5, 5.41) is 10.2. The molecule has 0 amide bonds. The van der Waals surface area contributed by atoms with Crippen LogP contribution < -0.4 is 9.80 Å². The molecule has 0 aromatic heterocycles. The number of nitrogens with zero attached hydrogens (tertiary/aromatic N) is 2. The van der Waals surface area contributed by atoms with Crippen LogP contribution in [-0.4, -0.2) is 0 Å². The molecule has 0 saturated heterocycles. The standard InChI is InChI=1S/C79H64N2/c1-6-7-16-55-42-65-35-34-64-45-58-19-10-13-22-61(58)48-77(64)81(78(65)51(3)50(55)2)74-40-39-67(68-23-14-15-24-71(68)74)54-30-27-52(28-31-54)25-26-53-29-37-69-70-38-36-66(49-73(70)79(4,5)72(69)41-53)80-75-46-59-20-11-8-17-56(59)43-62(75)32-33-63-44-57-18-9-12-21-60(57)47-76(63)80/h6-31,36-51H,1,32-35H2,2-5H3. The van der Waals surface area contributed by atoms with Crippen molar-refractivity contribution in [3.63, 3.8) is 0 Å². The highest BCUT2D eigenvalue weighted by molar-refractivity contribution is 6.06. The molecule has 11 aromatic rings. The third kappa shape index (κ3) is 8.14. The summed E-state index contributed by atoms with van der Waals surface area (Å²) in [5.41, 5.74) is 24.7. The summed E-state index contributed by atoms with van der Waals surface area (Å²) < 4.78 is 0. The summed E-state index contributed by atoms with van der Waals surface area (Å²) in [6, 6.07) is 78.3. The quantitative estimate of drug-likeness (QED) is 0.116. The van der Waals surface area contributed by atoms with Gasteiger partial charge in [-0.15, -0.1) is 0 Å². The van der Waals surface area contributed by atoms with Crippen LogP contribution >= 0.6 is 0 Å². The molecular weight excluding hydrogens is 977 g/mol. The van der Waals surface area contributed by atoms with Gasteiger partial charge in [0.2, 0.25) is 0 Å². The SMILES string of the molecule is C=CC=CC1=CC2=C(C(C)C1C)N(c1ccc(-c3ccc(C=Cc4ccc5c(c4)C(C)(C)c4cc(N6c7cc8ccccc8cc7CCc7cc8ccccc8cc76)ccc4-5)cc3)c3ccccc13)c1cc3ccccc3cc1CC2. The van der Waals surface area contributed by atoms with Gasteiger partial charge in [-0.25, -0.2) is 0 Å². The van der Waals surface area contributed by atoms with E-state index in [2.05, 4.69) is 281 Å². The van der Waals surface area contributed by atoms with Gasteiger partial charge in [-0.1, -0.05) is 222 Å². The molecule has 0 N–H and O–H groups in total. The number of hydrogen-bond donors (Lipinski definition) is 0. The smallest absolute Gasteiger partial charge is 0.0537 e. The summed E-state index contributed by atoms with van der Waals surface area (Å²) in [4.78, 5) is 5.20. The second-order valence-corrected chi connectivity index (χ2v) is 23.7. The van der Waals surface area contributed by atoms with E-state index in [4.69, 9.17) is 0 Å². The lowest BCUT2D eigenvalue weighted by atomic mass is 9.78. The van der Waals surface area contributed by atoms with E-state index >= 15 is 0 Å². The van der Waals surface area contributed by atoms with Crippen LogP contribution in [0.5, 0.6) is 0 Å². The van der Waals surface area contributed by atoms with Crippen molar-refractivity contribution in [3.05, 3.63) is 293 Å². The molecule has 0 radical (unpaired) electrons. The van der Waals surface area contributed by atoms with Crippen LogP contribution in [0.1, 0.15) is 73.1 Å². The molecule has 2 unspecified atom stereocenters. The zero-order chi connectivity index (χ0) is 54.5. The average molecular weight is 1040 g/mol. The lowest BCUT2D eigenvalue weighted by Gasteiger charge is -2.39. The molecule has 15 rings (SSSR count). The van der Waals surface area contributed by atoms with Gasteiger partial charge in [0.05, 0.1) is 5.69 Å². The summed E-state index contributed by atoms with van der Waals surface area (Å²) in [5.74, 6) is 0.649. The third-order valence-corrected chi connectivity index (χ3v) is 18.7. The lowest BCUT2D eigenvalue weighted by Crippen LogP contribution is -2.29. The number of anilines is 5. The molecule has 390 valence electrons. The van der Waals surface area contributed by atoms with Crippen LogP contribution in [0, 0.1) is 11.8 Å². The van der Waals surface area contributed by atoms with Gasteiger partial charge in [0, 0.05) is 45.2 Å². The highest BCUT2D eigenvalue weighted by atomic mass is 15.2. The van der Waals surface area contributed by atoms with Gasteiger partial charge in [-0.3, -0.25) is 0 Å². The van der Waals surface area contributed by atoms with Crippen LogP contribution in [0.25, 0.3) is 77.5 Å². The Kier molecular flexibility index (Phi) is 11.6. The molecule has 2 aliphatic heterocycles. The first kappa shape index (κ1) is 48.9. The minimum atomic E-state index is -0.199. The monoisotopic (exact) mass is 1040 g/mol. The lowest BCUT2D eigenvalue weighted by molar-refractivity contribution is 0.491. The number of benzene rings is 11. The van der Waals surface area contributed by atoms with Crippen LogP contribution in [0.3, 0.4) is 0 Å². The largest absolute Gasteiger partial charge is 0.313 e. The first-order valence-corrected chi connectivity index (χ1v) is 29.2. The fourth-order valence-electron chi connectivity index (χ4n) is 14.2. The van der Waals surface area contributed by atoms with Gasteiger partial charge in [0.25, 0.3) is 0 Å². The highest BCUT2D eigenvalue weighted by Crippen LogP contribution is 2.54. The Balaban J connectivity index is 0.746. The van der Waals surface area contributed by atoms with Crippen molar-refractivity contribution in [2.75, 3.05) is 9.80 Å². The normalized spacial score (nSPS) is 17.2. The molecule has 2 heterocycles. The maximum atomic E-state index is 3.98. The van der Waals surface area contributed by atoms with Crippen molar-refractivity contribution in [1.29, 1.82) is 0 Å². The van der Waals surface area contributed by atoms with Crippen molar-refractivity contribution in [1.82, 2.24) is 0 Å². The predicted octanol–water partition coefficient (Wildman–Crippen LogP) is 21.3. The van der Waals surface area contributed by atoms with Crippen molar-refractivity contribution < 1.29 is 0 Å². The van der Waals surface area contributed by atoms with E-state index in [9.17, 15) is 0 Å². The number of fused-ring (bicyclic) bond motifs is 10. The van der Waals surface area contributed by atoms with Gasteiger partial charge in [0.1, 0.15) is 0 Å². The number of aryl methyl sites for hydroxylation is 3. The zero-order valence-electron chi connectivity index (χ0n) is 46.7. The Bertz CT molecular complexity index is 4470. The molecule has 2 nitrogen and oxygen atoms in total. The average Bonchev–Trinajstić information content (AvgIpc) is 3.78. The molecule has 2 aliphatic carbocycles. The second-order valence-electron chi connectivity index (χ2n) is 23.7. The van der Waals surface area contributed by atoms with Gasteiger partial charge in [-0.05, 0) is 196 Å². The zero-order valence-corrected chi connectivity index (χ0v) is 46.7. The molecule has 2 atom stereocenters. The minimum absolute atomic E-state index is 0.199. The maximum Gasteiger partial charge on any atom is 0.0537 e. The number of hydrogen-bond acceptors (Lipinski definition) is 2. The van der Waals surface area contributed by atoms with Gasteiger partial charge in [0.15, 0.2) is 0 Å². The Hall–Kier alpha value is -9.24. The van der Waals surface area contributed by atoms with Crippen molar-refractivity contribution in [3.8, 4) is 22.3 Å². The summed E-state index contributed by atoms with van der Waals surface area (Å²) in [6.07, 6.45) is 17.3. The van der Waals surface area contributed by atoms with E-state index in [1.165, 1.54) is 150 Å². The van der Waals surface area contributed by atoms with Gasteiger partial charge in [-0.2, -0.15) is 0 Å². The maximum absolute atomic E-state index is 3.98. The highest BCUT2D eigenvalue weighted by Gasteiger charge is 2.38. The van der Waals surface area contributed by atoms with E-state index in [1.54, 1.807) is 0 Å². The van der Waals surface area contributed by atoms with Crippen molar-refractivity contribution in [2.24, 2.45) is 11.8 Å². The Morgan fingerprint density at radius 3 is 1.53 bits per heavy atom. The van der Waals surface area contributed by atoms with E-state index in [1.807, 2.05) is 6.08 Å².